The third-order valence-corrected chi connectivity index (χ3v) is 2.46. The number of hydrogen-bond donors (Lipinski definition) is 0. The van der Waals surface area contributed by atoms with Gasteiger partial charge in [0.2, 0.25) is 0 Å². The number of rotatable bonds is 1. The average molecular weight is 273 g/mol. The van der Waals surface area contributed by atoms with Gasteiger partial charge in [0, 0.05) is 11.3 Å². The number of alkyl halides is 3. The Morgan fingerprint density at radius 2 is 1.83 bits per heavy atom. The van der Waals surface area contributed by atoms with Gasteiger partial charge >= 0.3 is 6.18 Å². The minimum Gasteiger partial charge on any atom is -0.233 e. The summed E-state index contributed by atoms with van der Waals surface area (Å²) in [4.78, 5) is 7.98. The van der Waals surface area contributed by atoms with Crippen LogP contribution in [0.2, 0.25) is 5.15 Å². The largest absolute Gasteiger partial charge is 0.416 e. The molecule has 0 aliphatic carbocycles. The van der Waals surface area contributed by atoms with Gasteiger partial charge < -0.3 is 0 Å². The standard InChI is InChI=1S/C12H8ClF3N2/c1-7-5-10(13)18-11(17-7)8-3-2-4-9(6-8)12(14,15)16/h2-6H,1H3. The zero-order valence-electron chi connectivity index (χ0n) is 9.29. The lowest BCUT2D eigenvalue weighted by Crippen LogP contribution is -2.05. The minimum absolute atomic E-state index is 0.186. The number of nitrogens with zero attached hydrogens (tertiary/aromatic N) is 2. The number of aryl methyl sites for hydroxylation is 1. The van der Waals surface area contributed by atoms with Gasteiger partial charge in [-0.15, -0.1) is 0 Å². The molecular formula is C12H8ClF3N2. The topological polar surface area (TPSA) is 25.8 Å². The van der Waals surface area contributed by atoms with Crippen molar-refractivity contribution in [2.24, 2.45) is 0 Å². The van der Waals surface area contributed by atoms with Gasteiger partial charge in [-0.05, 0) is 25.1 Å². The molecule has 0 radical (unpaired) electrons. The first-order valence-corrected chi connectivity index (χ1v) is 5.43. The van der Waals surface area contributed by atoms with E-state index in [2.05, 4.69) is 9.97 Å². The van der Waals surface area contributed by atoms with E-state index in [1.807, 2.05) is 0 Å². The van der Waals surface area contributed by atoms with Crippen LogP contribution >= 0.6 is 11.6 Å². The molecular weight excluding hydrogens is 265 g/mol. The lowest BCUT2D eigenvalue weighted by Gasteiger charge is -2.08. The van der Waals surface area contributed by atoms with Crippen LogP contribution in [0.3, 0.4) is 0 Å². The quantitative estimate of drug-likeness (QED) is 0.730. The number of benzene rings is 1. The van der Waals surface area contributed by atoms with Crippen molar-refractivity contribution in [1.82, 2.24) is 9.97 Å². The van der Waals surface area contributed by atoms with E-state index < -0.39 is 11.7 Å². The first-order chi connectivity index (χ1) is 8.36. The second kappa shape index (κ2) is 4.57. The summed E-state index contributed by atoms with van der Waals surface area (Å²) in [7, 11) is 0. The van der Waals surface area contributed by atoms with E-state index >= 15 is 0 Å². The molecule has 2 nitrogen and oxygen atoms in total. The Bertz CT molecular complexity index is 562. The molecule has 0 atom stereocenters. The van der Waals surface area contributed by atoms with Crippen LogP contribution in [0, 0.1) is 6.92 Å². The Kier molecular flexibility index (Phi) is 3.26. The second-order valence-corrected chi connectivity index (χ2v) is 4.12. The molecule has 0 N–H and O–H groups in total. The summed E-state index contributed by atoms with van der Waals surface area (Å²) in [6.07, 6.45) is -4.39. The Labute approximate surface area is 106 Å². The summed E-state index contributed by atoms with van der Waals surface area (Å²) in [5.41, 5.74) is 0.152. The second-order valence-electron chi connectivity index (χ2n) is 3.73. The SMILES string of the molecule is Cc1cc(Cl)nc(-c2cccc(C(F)(F)F)c2)n1. The lowest BCUT2D eigenvalue weighted by molar-refractivity contribution is -0.137. The van der Waals surface area contributed by atoms with E-state index in [-0.39, 0.29) is 16.5 Å². The molecule has 0 saturated carbocycles. The molecule has 1 aromatic carbocycles. The molecule has 1 aromatic heterocycles. The van der Waals surface area contributed by atoms with E-state index in [4.69, 9.17) is 11.6 Å². The highest BCUT2D eigenvalue weighted by molar-refractivity contribution is 6.29. The monoisotopic (exact) mass is 272 g/mol. The summed E-state index contributed by atoms with van der Waals surface area (Å²) < 4.78 is 37.7. The van der Waals surface area contributed by atoms with Gasteiger partial charge in [-0.25, -0.2) is 9.97 Å². The molecule has 6 heteroatoms. The van der Waals surface area contributed by atoms with E-state index in [0.29, 0.717) is 5.69 Å². The maximum atomic E-state index is 12.6. The van der Waals surface area contributed by atoms with Gasteiger partial charge in [-0.3, -0.25) is 0 Å². The van der Waals surface area contributed by atoms with Crippen LogP contribution in [-0.2, 0) is 6.18 Å². The van der Waals surface area contributed by atoms with Crippen molar-refractivity contribution in [1.29, 1.82) is 0 Å². The van der Waals surface area contributed by atoms with Crippen molar-refractivity contribution in [3.05, 3.63) is 46.7 Å². The molecule has 2 rings (SSSR count). The molecule has 0 unspecified atom stereocenters. The van der Waals surface area contributed by atoms with Crippen molar-refractivity contribution >= 4 is 11.6 Å². The smallest absolute Gasteiger partial charge is 0.233 e. The maximum absolute atomic E-state index is 12.6. The fourth-order valence-electron chi connectivity index (χ4n) is 1.49. The zero-order chi connectivity index (χ0) is 13.3. The number of hydrogen-bond acceptors (Lipinski definition) is 2. The minimum atomic E-state index is -4.39. The summed E-state index contributed by atoms with van der Waals surface area (Å²) in [6.45, 7) is 1.70. The van der Waals surface area contributed by atoms with Gasteiger partial charge in [0.05, 0.1) is 5.56 Å². The molecule has 0 aliphatic rings. The molecule has 0 amide bonds. The van der Waals surface area contributed by atoms with Crippen molar-refractivity contribution in [2.45, 2.75) is 13.1 Å². The van der Waals surface area contributed by atoms with Crippen molar-refractivity contribution in [2.75, 3.05) is 0 Å². The predicted molar refractivity (Wildman–Crippen MR) is 62.2 cm³/mol. The van der Waals surface area contributed by atoms with E-state index in [1.165, 1.54) is 12.1 Å². The van der Waals surface area contributed by atoms with Gasteiger partial charge in [-0.2, -0.15) is 13.2 Å². The van der Waals surface area contributed by atoms with E-state index in [0.717, 1.165) is 12.1 Å². The van der Waals surface area contributed by atoms with E-state index in [9.17, 15) is 13.2 Å². The first-order valence-electron chi connectivity index (χ1n) is 5.05. The van der Waals surface area contributed by atoms with Crippen LogP contribution in [-0.4, -0.2) is 9.97 Å². The average Bonchev–Trinajstić information content (AvgIpc) is 2.27. The van der Waals surface area contributed by atoms with Gasteiger partial charge in [0.15, 0.2) is 5.82 Å². The fraction of sp³-hybridized carbons (Fsp3) is 0.167. The predicted octanol–water partition coefficient (Wildman–Crippen LogP) is 4.12. The highest BCUT2D eigenvalue weighted by atomic mass is 35.5. The molecule has 0 fully saturated rings. The first kappa shape index (κ1) is 12.8. The molecule has 0 saturated heterocycles. The number of aromatic nitrogens is 2. The Balaban J connectivity index is 2.51. The summed E-state index contributed by atoms with van der Waals surface area (Å²) in [5, 5.41) is 0.204. The van der Waals surface area contributed by atoms with Crippen LogP contribution < -0.4 is 0 Å². The highest BCUT2D eigenvalue weighted by Crippen LogP contribution is 2.31. The molecule has 94 valence electrons. The molecule has 0 aliphatic heterocycles. The third kappa shape index (κ3) is 2.79. The Morgan fingerprint density at radius 1 is 1.11 bits per heavy atom. The van der Waals surface area contributed by atoms with Crippen LogP contribution in [0.15, 0.2) is 30.3 Å². The van der Waals surface area contributed by atoms with Crippen LogP contribution in [0.25, 0.3) is 11.4 Å². The maximum Gasteiger partial charge on any atom is 0.416 e. The summed E-state index contributed by atoms with van der Waals surface area (Å²) >= 11 is 5.76. The van der Waals surface area contributed by atoms with E-state index in [1.54, 1.807) is 13.0 Å². The van der Waals surface area contributed by atoms with Gasteiger partial charge in [0.25, 0.3) is 0 Å². The van der Waals surface area contributed by atoms with Crippen molar-refractivity contribution in [3.63, 3.8) is 0 Å². The third-order valence-electron chi connectivity index (χ3n) is 2.27. The van der Waals surface area contributed by atoms with Crippen molar-refractivity contribution < 1.29 is 13.2 Å². The highest BCUT2D eigenvalue weighted by Gasteiger charge is 2.30. The fourth-order valence-corrected chi connectivity index (χ4v) is 1.73. The summed E-state index contributed by atoms with van der Waals surface area (Å²) in [5.74, 6) is 0.186. The molecule has 1 heterocycles. The summed E-state index contributed by atoms with van der Waals surface area (Å²) in [6, 6.07) is 6.38. The molecule has 18 heavy (non-hydrogen) atoms. The Morgan fingerprint density at radius 3 is 2.44 bits per heavy atom. The van der Waals surface area contributed by atoms with Gasteiger partial charge in [-0.1, -0.05) is 23.7 Å². The van der Waals surface area contributed by atoms with Crippen LogP contribution in [0.1, 0.15) is 11.3 Å². The Hall–Kier alpha value is -1.62. The number of halogens is 4. The van der Waals surface area contributed by atoms with Crippen LogP contribution in [0.5, 0.6) is 0 Å². The molecule has 2 aromatic rings. The van der Waals surface area contributed by atoms with Crippen molar-refractivity contribution in [3.8, 4) is 11.4 Å². The normalized spacial score (nSPS) is 11.6. The molecule has 0 bridgehead atoms. The van der Waals surface area contributed by atoms with Gasteiger partial charge in [0.1, 0.15) is 5.15 Å². The molecule has 0 spiro atoms. The van der Waals surface area contributed by atoms with Crippen LogP contribution in [0.4, 0.5) is 13.2 Å². The zero-order valence-corrected chi connectivity index (χ0v) is 10.0. The lowest BCUT2D eigenvalue weighted by atomic mass is 10.1.